The van der Waals surface area contributed by atoms with Crippen molar-refractivity contribution in [3.05, 3.63) is 76.5 Å². The molecule has 35 heavy (non-hydrogen) atoms. The lowest BCUT2D eigenvalue weighted by molar-refractivity contribution is -0.138. The number of morpholine rings is 1. The van der Waals surface area contributed by atoms with Crippen LogP contribution < -0.4 is 10.1 Å². The highest BCUT2D eigenvalue weighted by Crippen LogP contribution is 2.36. The average Bonchev–Trinajstić information content (AvgIpc) is 2.88. The predicted molar refractivity (Wildman–Crippen MR) is 124 cm³/mol. The number of hydrogen-bond donors (Lipinski definition) is 2. The first kappa shape index (κ1) is 23.0. The van der Waals surface area contributed by atoms with E-state index in [1.165, 1.54) is 19.5 Å². The fraction of sp³-hybridized carbons (Fsp3) is 0.208. The highest BCUT2D eigenvalue weighted by Gasteiger charge is 2.26. The molecule has 5 rings (SSSR count). The molecule has 2 atom stereocenters. The third-order valence-electron chi connectivity index (χ3n) is 5.67. The van der Waals surface area contributed by atoms with Crippen molar-refractivity contribution < 1.29 is 23.8 Å². The van der Waals surface area contributed by atoms with Crippen molar-refractivity contribution in [2.24, 2.45) is 0 Å². The number of methoxy groups -OCH3 is 1. The van der Waals surface area contributed by atoms with Crippen molar-refractivity contribution >= 4 is 28.4 Å². The Kier molecular flexibility index (Phi) is 6.25. The first-order chi connectivity index (χ1) is 17.0. The molecule has 1 amide bonds. The van der Waals surface area contributed by atoms with Crippen LogP contribution in [0.4, 0.5) is 4.39 Å². The van der Waals surface area contributed by atoms with Gasteiger partial charge in [-0.05, 0) is 29.8 Å². The molecule has 0 spiro atoms. The molecule has 0 radical (unpaired) electrons. The maximum absolute atomic E-state index is 15.1. The summed E-state index contributed by atoms with van der Waals surface area (Å²) in [6.45, 7) is 0.866. The number of rotatable bonds is 5. The second-order valence-corrected chi connectivity index (χ2v) is 8.20. The highest BCUT2D eigenvalue weighted by molar-refractivity contribution is 6.31. The number of hydrogen-bond acceptors (Lipinski definition) is 8. The van der Waals surface area contributed by atoms with Gasteiger partial charge in [0.05, 0.1) is 30.6 Å². The van der Waals surface area contributed by atoms with Crippen LogP contribution in [0.25, 0.3) is 22.2 Å². The van der Waals surface area contributed by atoms with Crippen molar-refractivity contribution in [2.45, 2.75) is 12.2 Å². The van der Waals surface area contributed by atoms with Crippen LogP contribution in [0, 0.1) is 5.82 Å². The van der Waals surface area contributed by atoms with Crippen LogP contribution in [-0.4, -0.2) is 51.4 Å². The lowest BCUT2D eigenvalue weighted by atomic mass is 9.98. The zero-order valence-electron chi connectivity index (χ0n) is 18.4. The van der Waals surface area contributed by atoms with Gasteiger partial charge in [0.2, 0.25) is 5.88 Å². The van der Waals surface area contributed by atoms with Gasteiger partial charge in [-0.3, -0.25) is 4.79 Å². The van der Waals surface area contributed by atoms with Gasteiger partial charge in [-0.15, -0.1) is 10.2 Å². The quantitative estimate of drug-likeness (QED) is 0.433. The summed E-state index contributed by atoms with van der Waals surface area (Å²) >= 11 is 6.27. The Labute approximate surface area is 203 Å². The molecule has 11 heteroatoms. The van der Waals surface area contributed by atoms with Crippen molar-refractivity contribution in [3.8, 4) is 17.1 Å². The standard InChI is InChI=1S/C24H19ClFN5O4/c1-34-20-5-4-18(30-31-20)22(32)14-9-15(17(26)10-16(14)25)21-13-3-2-12(8-19(13)28-11-29-21)23-24(33)27-6-7-35-23/h2-5,8-11,22-23,32H,6-7H2,1H3,(H,27,33). The number of halogens is 2. The average molecular weight is 496 g/mol. The van der Waals surface area contributed by atoms with Gasteiger partial charge in [0.15, 0.2) is 6.10 Å². The van der Waals surface area contributed by atoms with Crippen molar-refractivity contribution in [3.63, 3.8) is 0 Å². The molecular formula is C24H19ClFN5O4. The summed E-state index contributed by atoms with van der Waals surface area (Å²) in [4.78, 5) is 20.8. The van der Waals surface area contributed by atoms with Gasteiger partial charge in [-0.1, -0.05) is 23.7 Å². The number of carbonyl (C=O) groups is 1. The van der Waals surface area contributed by atoms with Gasteiger partial charge in [-0.25, -0.2) is 14.4 Å². The number of benzene rings is 2. The van der Waals surface area contributed by atoms with Crippen LogP contribution in [0.1, 0.15) is 29.0 Å². The van der Waals surface area contributed by atoms with Gasteiger partial charge in [0.1, 0.15) is 18.2 Å². The number of nitrogens with zero attached hydrogens (tertiary/aromatic N) is 4. The highest BCUT2D eigenvalue weighted by atomic mass is 35.5. The summed E-state index contributed by atoms with van der Waals surface area (Å²) in [6, 6.07) is 10.8. The molecule has 0 bridgehead atoms. The van der Waals surface area contributed by atoms with Crippen molar-refractivity contribution in [1.29, 1.82) is 0 Å². The van der Waals surface area contributed by atoms with E-state index in [0.29, 0.717) is 35.3 Å². The van der Waals surface area contributed by atoms with Crippen LogP contribution in [0.2, 0.25) is 5.02 Å². The number of fused-ring (bicyclic) bond motifs is 1. The number of aliphatic hydroxyl groups excluding tert-OH is 1. The molecule has 4 aromatic rings. The molecule has 1 fully saturated rings. The summed E-state index contributed by atoms with van der Waals surface area (Å²) < 4.78 is 25.7. The number of aliphatic hydroxyl groups is 1. The smallest absolute Gasteiger partial charge is 0.253 e. The molecule has 2 N–H and O–H groups in total. The second kappa shape index (κ2) is 9.49. The van der Waals surface area contributed by atoms with E-state index in [1.807, 2.05) is 0 Å². The maximum Gasteiger partial charge on any atom is 0.253 e. The van der Waals surface area contributed by atoms with Crippen LogP contribution in [0.5, 0.6) is 5.88 Å². The minimum atomic E-state index is -1.26. The normalized spacial score (nSPS) is 16.7. The first-order valence-corrected chi connectivity index (χ1v) is 11.0. The lowest BCUT2D eigenvalue weighted by Gasteiger charge is -2.23. The van der Waals surface area contributed by atoms with Gasteiger partial charge in [0, 0.05) is 34.1 Å². The van der Waals surface area contributed by atoms with Crippen LogP contribution in [0.15, 0.2) is 48.8 Å². The number of ether oxygens (including phenoxy) is 2. The van der Waals surface area contributed by atoms with E-state index in [0.717, 1.165) is 6.07 Å². The SMILES string of the molecule is COc1ccc(C(O)c2cc(-c3ncnc4cc(C5OCCNC5=O)ccc34)c(F)cc2Cl)nn1. The Bertz CT molecular complexity index is 1420. The number of aromatic nitrogens is 4. The molecule has 0 saturated carbocycles. The first-order valence-electron chi connectivity index (χ1n) is 10.6. The molecule has 2 unspecified atom stereocenters. The Balaban J connectivity index is 1.56. The lowest BCUT2D eigenvalue weighted by Crippen LogP contribution is -2.39. The van der Waals surface area contributed by atoms with Crippen LogP contribution >= 0.6 is 11.6 Å². The Morgan fingerprint density at radius 1 is 1.20 bits per heavy atom. The molecule has 9 nitrogen and oxygen atoms in total. The zero-order chi connectivity index (χ0) is 24.5. The summed E-state index contributed by atoms with van der Waals surface area (Å²) in [5, 5.41) is 22.0. The number of nitrogens with one attached hydrogen (secondary N) is 1. The molecule has 1 saturated heterocycles. The number of carbonyl (C=O) groups excluding carboxylic acids is 1. The third-order valence-corrected chi connectivity index (χ3v) is 6.00. The summed E-state index contributed by atoms with van der Waals surface area (Å²) in [5.74, 6) is -0.561. The predicted octanol–water partition coefficient (Wildman–Crippen LogP) is 3.16. The van der Waals surface area contributed by atoms with E-state index in [2.05, 4.69) is 25.5 Å². The van der Waals surface area contributed by atoms with Crippen LogP contribution in [-0.2, 0) is 9.53 Å². The topological polar surface area (TPSA) is 119 Å². The van der Waals surface area contributed by atoms with Gasteiger partial charge >= 0.3 is 0 Å². The molecule has 1 aliphatic heterocycles. The van der Waals surface area contributed by atoms with Crippen LogP contribution in [0.3, 0.4) is 0 Å². The monoisotopic (exact) mass is 495 g/mol. The van der Waals surface area contributed by atoms with E-state index in [9.17, 15) is 9.90 Å². The Morgan fingerprint density at radius 2 is 2.06 bits per heavy atom. The van der Waals surface area contributed by atoms with Crippen molar-refractivity contribution in [1.82, 2.24) is 25.5 Å². The fourth-order valence-corrected chi connectivity index (χ4v) is 4.17. The molecule has 3 heterocycles. The van der Waals surface area contributed by atoms with Gasteiger partial charge in [-0.2, -0.15) is 0 Å². The number of amides is 1. The maximum atomic E-state index is 15.1. The summed E-state index contributed by atoms with van der Waals surface area (Å²) in [7, 11) is 1.45. The fourth-order valence-electron chi connectivity index (χ4n) is 3.92. The zero-order valence-corrected chi connectivity index (χ0v) is 19.2. The van der Waals surface area contributed by atoms with E-state index >= 15 is 4.39 Å². The molecule has 178 valence electrons. The summed E-state index contributed by atoms with van der Waals surface area (Å²) in [5.41, 5.74) is 2.01. The molecule has 2 aromatic heterocycles. The largest absolute Gasteiger partial charge is 0.480 e. The van der Waals surface area contributed by atoms with E-state index in [4.69, 9.17) is 21.1 Å². The van der Waals surface area contributed by atoms with Crippen molar-refractivity contribution in [2.75, 3.05) is 20.3 Å². The van der Waals surface area contributed by atoms with E-state index in [1.54, 1.807) is 30.3 Å². The minimum Gasteiger partial charge on any atom is -0.480 e. The Hall–Kier alpha value is -3.73. The van der Waals surface area contributed by atoms with Gasteiger partial charge < -0.3 is 19.9 Å². The molecule has 0 aliphatic carbocycles. The second-order valence-electron chi connectivity index (χ2n) is 7.80. The van der Waals surface area contributed by atoms with E-state index in [-0.39, 0.29) is 33.6 Å². The van der Waals surface area contributed by atoms with Gasteiger partial charge in [0.25, 0.3) is 5.91 Å². The third kappa shape index (κ3) is 4.39. The molecule has 1 aliphatic rings. The summed E-state index contributed by atoms with van der Waals surface area (Å²) in [6.07, 6.45) is -0.698. The Morgan fingerprint density at radius 3 is 2.80 bits per heavy atom. The van der Waals surface area contributed by atoms with E-state index < -0.39 is 18.0 Å². The minimum absolute atomic E-state index is 0.0254. The molecular weight excluding hydrogens is 477 g/mol. The molecule has 2 aromatic carbocycles.